The zero-order valence-corrected chi connectivity index (χ0v) is 10.0. The fourth-order valence-corrected chi connectivity index (χ4v) is 2.02. The molecule has 0 bridgehead atoms. The number of aromatic nitrogens is 1. The molecule has 0 aliphatic carbocycles. The monoisotopic (exact) mass is 245 g/mol. The second kappa shape index (κ2) is 3.87. The van der Waals surface area contributed by atoms with Crippen molar-refractivity contribution in [2.75, 3.05) is 7.11 Å². The number of carbonyl (C=O) groups excluding carboxylic acids is 1. The normalized spacial score (nSPS) is 13.3. The van der Waals surface area contributed by atoms with E-state index < -0.39 is 0 Å². The third-order valence-electron chi connectivity index (χ3n) is 2.96. The molecule has 1 aliphatic heterocycles. The molecule has 0 saturated carbocycles. The molecule has 0 radical (unpaired) electrons. The van der Waals surface area contributed by atoms with Crippen molar-refractivity contribution in [3.8, 4) is 11.5 Å². The van der Waals surface area contributed by atoms with Gasteiger partial charge in [-0.15, -0.1) is 0 Å². The molecule has 1 aromatic carbocycles. The molecule has 0 unspecified atom stereocenters. The van der Waals surface area contributed by atoms with E-state index in [0.29, 0.717) is 34.1 Å². The summed E-state index contributed by atoms with van der Waals surface area (Å²) < 4.78 is 15.7. The molecular weight excluding hydrogens is 234 g/mol. The molecule has 2 aromatic rings. The Morgan fingerprint density at radius 1 is 1.39 bits per heavy atom. The summed E-state index contributed by atoms with van der Waals surface area (Å²) in [5, 5.41) is 3.84. The minimum atomic E-state index is -0.126. The van der Waals surface area contributed by atoms with Gasteiger partial charge in [0.2, 0.25) is 5.78 Å². The average molecular weight is 245 g/mol. The maximum atomic E-state index is 12.4. The van der Waals surface area contributed by atoms with E-state index in [9.17, 15) is 4.79 Å². The third kappa shape index (κ3) is 1.48. The molecule has 2 heterocycles. The molecule has 0 spiro atoms. The molecule has 92 valence electrons. The number of ether oxygens (including phenoxy) is 2. The van der Waals surface area contributed by atoms with E-state index in [1.807, 2.05) is 0 Å². The van der Waals surface area contributed by atoms with Crippen molar-refractivity contribution >= 4 is 5.78 Å². The van der Waals surface area contributed by atoms with Crippen LogP contribution in [0.1, 0.15) is 27.4 Å². The van der Waals surface area contributed by atoms with E-state index in [4.69, 9.17) is 14.0 Å². The van der Waals surface area contributed by atoms with Crippen LogP contribution in [0.3, 0.4) is 0 Å². The van der Waals surface area contributed by atoms with Crippen LogP contribution < -0.4 is 9.47 Å². The van der Waals surface area contributed by atoms with Crippen molar-refractivity contribution in [3.05, 3.63) is 40.8 Å². The van der Waals surface area contributed by atoms with E-state index in [0.717, 1.165) is 0 Å². The van der Waals surface area contributed by atoms with Crippen LogP contribution in [0.4, 0.5) is 0 Å². The number of carbonyl (C=O) groups is 1. The number of rotatable bonds is 1. The minimum Gasteiger partial charge on any atom is -0.497 e. The molecule has 1 aliphatic rings. The number of ketones is 1. The van der Waals surface area contributed by atoms with Gasteiger partial charge < -0.3 is 14.0 Å². The van der Waals surface area contributed by atoms with Crippen LogP contribution in [0, 0.1) is 6.92 Å². The highest BCUT2D eigenvalue weighted by Gasteiger charge is 2.28. The first-order chi connectivity index (χ1) is 8.70. The second-order valence-corrected chi connectivity index (χ2v) is 4.04. The highest BCUT2D eigenvalue weighted by molar-refractivity contribution is 6.12. The molecule has 1 aromatic heterocycles. The van der Waals surface area contributed by atoms with E-state index in [-0.39, 0.29) is 12.4 Å². The second-order valence-electron chi connectivity index (χ2n) is 4.04. The Hall–Kier alpha value is -2.30. The highest BCUT2D eigenvalue weighted by Crippen LogP contribution is 2.32. The van der Waals surface area contributed by atoms with E-state index in [1.54, 1.807) is 32.2 Å². The van der Waals surface area contributed by atoms with Gasteiger partial charge in [0.05, 0.1) is 18.2 Å². The Bertz CT molecular complexity index is 630. The number of methoxy groups -OCH3 is 1. The lowest BCUT2D eigenvalue weighted by atomic mass is 10.0. The summed E-state index contributed by atoms with van der Waals surface area (Å²) in [6.07, 6.45) is 0. The van der Waals surface area contributed by atoms with Gasteiger partial charge in [0.15, 0.2) is 0 Å². The van der Waals surface area contributed by atoms with Crippen LogP contribution in [0.25, 0.3) is 0 Å². The number of benzene rings is 1. The number of hydrogen-bond acceptors (Lipinski definition) is 5. The molecule has 5 heteroatoms. The van der Waals surface area contributed by atoms with Crippen LogP contribution in [0.15, 0.2) is 22.7 Å². The topological polar surface area (TPSA) is 61.6 Å². The Morgan fingerprint density at radius 3 is 3.00 bits per heavy atom. The maximum Gasteiger partial charge on any atom is 0.202 e. The highest BCUT2D eigenvalue weighted by atomic mass is 16.5. The van der Waals surface area contributed by atoms with Crippen LogP contribution in [0.5, 0.6) is 11.5 Å². The SMILES string of the molecule is COc1ccc2c(c1)OCc1noc(C)c1C2=O. The molecule has 0 fully saturated rings. The van der Waals surface area contributed by atoms with Crippen molar-refractivity contribution in [1.29, 1.82) is 0 Å². The predicted octanol–water partition coefficient (Wildman–Crippen LogP) is 2.12. The van der Waals surface area contributed by atoms with Crippen LogP contribution in [-0.2, 0) is 6.61 Å². The Kier molecular flexibility index (Phi) is 2.33. The first kappa shape index (κ1) is 10.8. The van der Waals surface area contributed by atoms with Gasteiger partial charge in [0, 0.05) is 6.07 Å². The number of fused-ring (bicyclic) bond motifs is 2. The summed E-state index contributed by atoms with van der Waals surface area (Å²) in [7, 11) is 1.57. The fraction of sp³-hybridized carbons (Fsp3) is 0.231. The summed E-state index contributed by atoms with van der Waals surface area (Å²) in [6.45, 7) is 1.94. The Labute approximate surface area is 103 Å². The molecule has 18 heavy (non-hydrogen) atoms. The van der Waals surface area contributed by atoms with Gasteiger partial charge in [-0.2, -0.15) is 0 Å². The van der Waals surface area contributed by atoms with Crippen molar-refractivity contribution < 1.29 is 18.8 Å². The quantitative estimate of drug-likeness (QED) is 0.770. The summed E-state index contributed by atoms with van der Waals surface area (Å²) in [5.41, 5.74) is 1.53. The Balaban J connectivity index is 2.16. The maximum absolute atomic E-state index is 12.4. The minimum absolute atomic E-state index is 0.126. The first-order valence-corrected chi connectivity index (χ1v) is 5.51. The van der Waals surface area contributed by atoms with E-state index in [2.05, 4.69) is 5.16 Å². The van der Waals surface area contributed by atoms with E-state index >= 15 is 0 Å². The van der Waals surface area contributed by atoms with Crippen molar-refractivity contribution in [2.24, 2.45) is 0 Å². The number of nitrogens with zero attached hydrogens (tertiary/aromatic N) is 1. The summed E-state index contributed by atoms with van der Waals surface area (Å²) in [6, 6.07) is 5.12. The lowest BCUT2D eigenvalue weighted by molar-refractivity contribution is 0.103. The largest absolute Gasteiger partial charge is 0.497 e. The lowest BCUT2D eigenvalue weighted by Gasteiger charge is -2.07. The van der Waals surface area contributed by atoms with Gasteiger partial charge in [-0.25, -0.2) is 0 Å². The van der Waals surface area contributed by atoms with Gasteiger partial charge in [-0.3, -0.25) is 4.79 Å². The molecule has 3 rings (SSSR count). The van der Waals surface area contributed by atoms with Gasteiger partial charge in [-0.1, -0.05) is 5.16 Å². The van der Waals surface area contributed by atoms with Crippen LogP contribution in [-0.4, -0.2) is 18.0 Å². The molecule has 0 N–H and O–H groups in total. The van der Waals surface area contributed by atoms with Crippen molar-refractivity contribution in [3.63, 3.8) is 0 Å². The standard InChI is InChI=1S/C13H11NO4/c1-7-12-10(14-18-7)6-17-11-5-8(16-2)3-4-9(11)13(12)15/h3-5H,6H2,1-2H3. The molecule has 5 nitrogen and oxygen atoms in total. The van der Waals surface area contributed by atoms with Crippen LogP contribution >= 0.6 is 0 Å². The average Bonchev–Trinajstić information content (AvgIpc) is 2.69. The fourth-order valence-electron chi connectivity index (χ4n) is 2.02. The zero-order chi connectivity index (χ0) is 12.7. The van der Waals surface area contributed by atoms with Gasteiger partial charge >= 0.3 is 0 Å². The molecule has 0 amide bonds. The van der Waals surface area contributed by atoms with Crippen molar-refractivity contribution in [1.82, 2.24) is 5.16 Å². The first-order valence-electron chi connectivity index (χ1n) is 5.51. The van der Waals surface area contributed by atoms with Crippen LogP contribution in [0.2, 0.25) is 0 Å². The lowest BCUT2D eigenvalue weighted by Crippen LogP contribution is -2.02. The molecule has 0 saturated heterocycles. The number of aryl methyl sites for hydroxylation is 1. The molecule has 0 atom stereocenters. The number of hydrogen-bond donors (Lipinski definition) is 0. The van der Waals surface area contributed by atoms with Gasteiger partial charge in [0.1, 0.15) is 29.6 Å². The molecular formula is C13H11NO4. The van der Waals surface area contributed by atoms with Gasteiger partial charge in [0.25, 0.3) is 0 Å². The van der Waals surface area contributed by atoms with E-state index in [1.165, 1.54) is 0 Å². The van der Waals surface area contributed by atoms with Crippen molar-refractivity contribution in [2.45, 2.75) is 13.5 Å². The summed E-state index contributed by atoms with van der Waals surface area (Å²) in [5.74, 6) is 1.55. The summed E-state index contributed by atoms with van der Waals surface area (Å²) >= 11 is 0. The summed E-state index contributed by atoms with van der Waals surface area (Å²) in [4.78, 5) is 12.4. The Morgan fingerprint density at radius 2 is 2.22 bits per heavy atom. The third-order valence-corrected chi connectivity index (χ3v) is 2.96. The van der Waals surface area contributed by atoms with Gasteiger partial charge in [-0.05, 0) is 19.1 Å². The zero-order valence-electron chi connectivity index (χ0n) is 10.0. The predicted molar refractivity (Wildman–Crippen MR) is 62.0 cm³/mol. The smallest absolute Gasteiger partial charge is 0.202 e.